The summed E-state index contributed by atoms with van der Waals surface area (Å²) in [6.07, 6.45) is -5.24. The van der Waals surface area contributed by atoms with Gasteiger partial charge in [-0.2, -0.15) is 26.3 Å². The van der Waals surface area contributed by atoms with Crippen LogP contribution < -0.4 is 0 Å². The summed E-state index contributed by atoms with van der Waals surface area (Å²) in [5.74, 6) is 0.355. The van der Waals surface area contributed by atoms with Crippen LogP contribution in [0.15, 0.2) is 35.5 Å². The summed E-state index contributed by atoms with van der Waals surface area (Å²) in [7, 11) is 0. The van der Waals surface area contributed by atoms with E-state index in [1.165, 1.54) is 5.57 Å². The number of halogens is 6. The summed E-state index contributed by atoms with van der Waals surface area (Å²) in [5.41, 5.74) is -2.08. The normalized spacial score (nSPS) is 35.4. The van der Waals surface area contributed by atoms with E-state index in [0.717, 1.165) is 37.7 Å². The predicted molar refractivity (Wildman–Crippen MR) is 125 cm³/mol. The molecule has 0 saturated heterocycles. The van der Waals surface area contributed by atoms with Crippen LogP contribution in [0.1, 0.15) is 78.1 Å². The van der Waals surface area contributed by atoms with Gasteiger partial charge in [-0.15, -0.1) is 0 Å². The number of aliphatic hydroxyl groups excluding tert-OH is 2. The van der Waals surface area contributed by atoms with Crippen molar-refractivity contribution in [3.8, 4) is 0 Å². The zero-order valence-electron chi connectivity index (χ0n) is 20.9. The van der Waals surface area contributed by atoms with Crippen molar-refractivity contribution in [1.29, 1.82) is 0 Å². The zero-order valence-corrected chi connectivity index (χ0v) is 20.9. The molecule has 0 aromatic rings. The first-order chi connectivity index (χ1) is 16.5. The molecule has 3 aliphatic rings. The van der Waals surface area contributed by atoms with Crippen LogP contribution in [0.5, 0.6) is 0 Å². The van der Waals surface area contributed by atoms with Crippen molar-refractivity contribution in [3.63, 3.8) is 0 Å². The zero-order chi connectivity index (χ0) is 27.1. The fourth-order valence-electron chi connectivity index (χ4n) is 7.00. The monoisotopic (exact) mass is 524 g/mol. The molecule has 6 atom stereocenters. The second-order valence-corrected chi connectivity index (χ2v) is 11.4. The van der Waals surface area contributed by atoms with Crippen LogP contribution in [-0.2, 0) is 0 Å². The van der Waals surface area contributed by atoms with Crippen LogP contribution in [0.25, 0.3) is 0 Å². The number of alkyl halides is 6. The van der Waals surface area contributed by atoms with Crippen molar-refractivity contribution in [3.05, 3.63) is 35.5 Å². The maximum Gasteiger partial charge on any atom is 0.426 e. The lowest BCUT2D eigenvalue weighted by Crippen LogP contribution is -2.56. The third-order valence-electron chi connectivity index (χ3n) is 9.12. The standard InChI is InChI=1S/C27H38F6O3/c1-16(6-4-13-25(36,26(28,29)30)27(31,32)33)21-10-11-22-18(7-5-12-24(21,22)3)8-9-19-14-20(34)15-23(35)17(19)2/h8-9,16,20-23,34-36H,2,4-7,10-15H2,1,3H3/t16?,20-,21-,22+,23+,24-/m1/s1. The van der Waals surface area contributed by atoms with Crippen molar-refractivity contribution < 1.29 is 41.7 Å². The Morgan fingerprint density at radius 1 is 1.08 bits per heavy atom. The van der Waals surface area contributed by atoms with Crippen LogP contribution >= 0.6 is 0 Å². The number of fused-ring (bicyclic) bond motifs is 1. The SMILES string of the molecule is C=C1C(=CC=C2CCC[C@]3(C)[C@@H](C(C)CCCC(O)(C(F)(F)F)C(F)(F)F)CC[C@@H]23)C[C@@H](O)C[C@@H]1O. The molecule has 0 aromatic heterocycles. The van der Waals surface area contributed by atoms with Crippen LogP contribution in [0.2, 0.25) is 0 Å². The van der Waals surface area contributed by atoms with Gasteiger partial charge in [0.25, 0.3) is 5.60 Å². The van der Waals surface area contributed by atoms with E-state index in [1.807, 2.05) is 13.0 Å². The average Bonchev–Trinajstić information content (AvgIpc) is 3.11. The number of rotatable bonds is 6. The molecule has 0 aliphatic heterocycles. The molecule has 9 heteroatoms. The van der Waals surface area contributed by atoms with E-state index in [4.69, 9.17) is 0 Å². The highest BCUT2D eigenvalue weighted by atomic mass is 19.4. The fourth-order valence-corrected chi connectivity index (χ4v) is 7.00. The summed E-state index contributed by atoms with van der Waals surface area (Å²) >= 11 is 0. The van der Waals surface area contributed by atoms with Crippen LogP contribution in [0.3, 0.4) is 0 Å². The maximum atomic E-state index is 13.0. The van der Waals surface area contributed by atoms with Gasteiger partial charge in [-0.25, -0.2) is 0 Å². The Morgan fingerprint density at radius 3 is 2.33 bits per heavy atom. The molecule has 206 valence electrons. The Hall–Kier alpha value is -1.32. The number of hydrogen-bond acceptors (Lipinski definition) is 3. The largest absolute Gasteiger partial charge is 0.426 e. The van der Waals surface area contributed by atoms with Crippen molar-refractivity contribution in [2.45, 2.75) is 108 Å². The van der Waals surface area contributed by atoms with E-state index in [9.17, 15) is 41.7 Å². The van der Waals surface area contributed by atoms with Gasteiger partial charge in [-0.3, -0.25) is 0 Å². The lowest BCUT2D eigenvalue weighted by atomic mass is 9.60. The van der Waals surface area contributed by atoms with Crippen LogP contribution in [0.4, 0.5) is 26.3 Å². The van der Waals surface area contributed by atoms with E-state index in [2.05, 4.69) is 19.6 Å². The lowest BCUT2D eigenvalue weighted by molar-refractivity contribution is -0.370. The minimum absolute atomic E-state index is 0.0770. The second kappa shape index (κ2) is 10.4. The van der Waals surface area contributed by atoms with Gasteiger partial charge < -0.3 is 15.3 Å². The van der Waals surface area contributed by atoms with Gasteiger partial charge in [0.2, 0.25) is 0 Å². The van der Waals surface area contributed by atoms with E-state index in [-0.39, 0.29) is 42.4 Å². The maximum absolute atomic E-state index is 13.0. The average molecular weight is 525 g/mol. The minimum Gasteiger partial charge on any atom is -0.393 e. The van der Waals surface area contributed by atoms with E-state index in [0.29, 0.717) is 12.0 Å². The molecule has 3 rings (SSSR count). The van der Waals surface area contributed by atoms with Crippen molar-refractivity contribution in [2.24, 2.45) is 23.2 Å². The van der Waals surface area contributed by atoms with Gasteiger partial charge >= 0.3 is 12.4 Å². The Morgan fingerprint density at radius 2 is 1.72 bits per heavy atom. The summed E-state index contributed by atoms with van der Waals surface area (Å²) in [4.78, 5) is 0. The first kappa shape index (κ1) is 29.2. The highest BCUT2D eigenvalue weighted by Crippen LogP contribution is 2.60. The molecule has 0 amide bonds. The molecular weight excluding hydrogens is 486 g/mol. The third kappa shape index (κ3) is 5.58. The number of aliphatic hydroxyl groups is 3. The molecule has 3 fully saturated rings. The molecule has 3 nitrogen and oxygen atoms in total. The van der Waals surface area contributed by atoms with E-state index >= 15 is 0 Å². The van der Waals surface area contributed by atoms with Gasteiger partial charge in [0.1, 0.15) is 0 Å². The quantitative estimate of drug-likeness (QED) is 0.336. The molecule has 0 bridgehead atoms. The molecule has 0 heterocycles. The summed E-state index contributed by atoms with van der Waals surface area (Å²) < 4.78 is 78.1. The molecule has 0 aromatic carbocycles. The first-order valence-electron chi connectivity index (χ1n) is 12.8. The smallest absolute Gasteiger partial charge is 0.393 e. The highest BCUT2D eigenvalue weighted by Gasteiger charge is 2.69. The molecule has 3 saturated carbocycles. The molecule has 3 aliphatic carbocycles. The molecule has 0 spiro atoms. The molecule has 1 unspecified atom stereocenters. The Bertz CT molecular complexity index is 860. The molecular formula is C27H38F6O3. The Balaban J connectivity index is 1.69. The van der Waals surface area contributed by atoms with Gasteiger partial charge in [0, 0.05) is 6.42 Å². The van der Waals surface area contributed by atoms with Crippen molar-refractivity contribution in [2.75, 3.05) is 0 Å². The van der Waals surface area contributed by atoms with Gasteiger partial charge in [-0.05, 0) is 85.7 Å². The predicted octanol–water partition coefficient (Wildman–Crippen LogP) is 6.79. The van der Waals surface area contributed by atoms with Crippen LogP contribution in [0, 0.1) is 23.2 Å². The topological polar surface area (TPSA) is 60.7 Å². The summed E-state index contributed by atoms with van der Waals surface area (Å²) in [6.45, 7) is 8.03. The van der Waals surface area contributed by atoms with Crippen molar-refractivity contribution in [1.82, 2.24) is 0 Å². The molecule has 3 N–H and O–H groups in total. The third-order valence-corrected chi connectivity index (χ3v) is 9.12. The van der Waals surface area contributed by atoms with Crippen molar-refractivity contribution >= 4 is 0 Å². The Labute approximate surface area is 209 Å². The van der Waals surface area contributed by atoms with Gasteiger partial charge in [0.05, 0.1) is 12.2 Å². The van der Waals surface area contributed by atoms with Gasteiger partial charge in [-0.1, -0.05) is 44.6 Å². The number of allylic oxidation sites excluding steroid dienone is 3. The van der Waals surface area contributed by atoms with E-state index < -0.39 is 36.6 Å². The fraction of sp³-hybridized carbons (Fsp3) is 0.778. The molecule has 36 heavy (non-hydrogen) atoms. The van der Waals surface area contributed by atoms with Gasteiger partial charge in [0.15, 0.2) is 0 Å². The molecule has 0 radical (unpaired) electrons. The lowest BCUT2D eigenvalue weighted by Gasteiger charge is -2.44. The summed E-state index contributed by atoms with van der Waals surface area (Å²) in [5, 5.41) is 29.5. The Kier molecular flexibility index (Phi) is 8.48. The summed E-state index contributed by atoms with van der Waals surface area (Å²) in [6, 6.07) is 0. The second-order valence-electron chi connectivity index (χ2n) is 11.4. The first-order valence-corrected chi connectivity index (χ1v) is 12.8. The minimum atomic E-state index is -5.77. The van der Waals surface area contributed by atoms with E-state index in [1.54, 1.807) is 0 Å². The van der Waals surface area contributed by atoms with Crippen LogP contribution in [-0.4, -0.2) is 45.5 Å². The highest BCUT2D eigenvalue weighted by molar-refractivity contribution is 5.38. The number of hydrogen-bond donors (Lipinski definition) is 3.